The first-order valence-corrected chi connectivity index (χ1v) is 10.7. The van der Waals surface area contributed by atoms with Gasteiger partial charge in [-0.15, -0.1) is 0 Å². The number of benzene rings is 1. The van der Waals surface area contributed by atoms with Crippen molar-refractivity contribution in [3.05, 3.63) is 35.9 Å². The fourth-order valence-corrected chi connectivity index (χ4v) is 7.43. The highest BCUT2D eigenvalue weighted by Gasteiger charge is 2.65. The zero-order valence-electron chi connectivity index (χ0n) is 16.6. The minimum absolute atomic E-state index is 0.0420. The van der Waals surface area contributed by atoms with E-state index in [1.165, 1.54) is 12.0 Å². The maximum absolute atomic E-state index is 13.3. The minimum Gasteiger partial charge on any atom is -0.376 e. The molecular formula is C23H30N2O3. The molecule has 4 saturated carbocycles. The summed E-state index contributed by atoms with van der Waals surface area (Å²) in [5.74, 6) is 0.239. The number of alkyl carbamates (subject to hydrolysis) is 1. The van der Waals surface area contributed by atoms with E-state index in [-0.39, 0.29) is 22.8 Å². The standard InChI is InChI=1S/C23H30N2O3/c1-21-9-16-10-22(13-21,17-5-3-2-4-6-17)15-23(11-16,14-21)19(26)28-20(27)25-18-7-8-24-12-18/h2-6,16,18,24H,7-15H2,1H3,(H,25,27). The molecule has 6 rings (SSSR count). The number of rotatable bonds is 3. The van der Waals surface area contributed by atoms with Crippen molar-refractivity contribution in [2.24, 2.45) is 16.7 Å². The lowest BCUT2D eigenvalue weighted by atomic mass is 9.39. The Morgan fingerprint density at radius 1 is 1.11 bits per heavy atom. The maximum Gasteiger partial charge on any atom is 0.415 e. The van der Waals surface area contributed by atoms with Crippen LogP contribution < -0.4 is 10.6 Å². The first-order chi connectivity index (χ1) is 13.4. The topological polar surface area (TPSA) is 67.4 Å². The summed E-state index contributed by atoms with van der Waals surface area (Å²) < 4.78 is 5.41. The smallest absolute Gasteiger partial charge is 0.376 e. The van der Waals surface area contributed by atoms with Crippen molar-refractivity contribution in [3.63, 3.8) is 0 Å². The molecule has 0 radical (unpaired) electrons. The van der Waals surface area contributed by atoms with E-state index >= 15 is 0 Å². The zero-order chi connectivity index (χ0) is 19.4. The molecule has 1 amide bonds. The van der Waals surface area contributed by atoms with Gasteiger partial charge in [-0.1, -0.05) is 37.3 Å². The zero-order valence-corrected chi connectivity index (χ0v) is 16.6. The molecule has 1 aliphatic heterocycles. The lowest BCUT2D eigenvalue weighted by molar-refractivity contribution is -0.177. The lowest BCUT2D eigenvalue weighted by Gasteiger charge is -2.65. The summed E-state index contributed by atoms with van der Waals surface area (Å²) in [6.07, 6.45) is 6.32. The normalized spacial score (nSPS) is 41.0. The van der Waals surface area contributed by atoms with Crippen molar-refractivity contribution >= 4 is 12.1 Å². The van der Waals surface area contributed by atoms with E-state index in [2.05, 4.69) is 47.9 Å². The van der Waals surface area contributed by atoms with Crippen molar-refractivity contribution in [1.29, 1.82) is 0 Å². The Kier molecular flexibility index (Phi) is 4.10. The molecule has 0 spiro atoms. The van der Waals surface area contributed by atoms with Crippen LogP contribution in [0.2, 0.25) is 0 Å². The summed E-state index contributed by atoms with van der Waals surface area (Å²) in [5, 5.41) is 6.06. The number of carbonyl (C=O) groups is 2. The van der Waals surface area contributed by atoms with Crippen LogP contribution in [0.5, 0.6) is 0 Å². The van der Waals surface area contributed by atoms with E-state index in [0.29, 0.717) is 5.92 Å². The third kappa shape index (κ3) is 2.95. The first-order valence-electron chi connectivity index (χ1n) is 10.7. The van der Waals surface area contributed by atoms with Gasteiger partial charge in [0.05, 0.1) is 5.41 Å². The monoisotopic (exact) mass is 382 g/mol. The van der Waals surface area contributed by atoms with Gasteiger partial charge in [-0.3, -0.25) is 4.79 Å². The third-order valence-electron chi connectivity index (χ3n) is 7.73. The van der Waals surface area contributed by atoms with Gasteiger partial charge >= 0.3 is 12.1 Å². The van der Waals surface area contributed by atoms with E-state index in [9.17, 15) is 9.59 Å². The van der Waals surface area contributed by atoms with Crippen molar-refractivity contribution in [2.45, 2.75) is 63.3 Å². The van der Waals surface area contributed by atoms with Crippen LogP contribution in [0.15, 0.2) is 30.3 Å². The third-order valence-corrected chi connectivity index (χ3v) is 7.73. The number of nitrogens with one attached hydrogen (secondary N) is 2. The molecule has 5 atom stereocenters. The Balaban J connectivity index is 1.39. The predicted molar refractivity (Wildman–Crippen MR) is 106 cm³/mol. The molecule has 150 valence electrons. The van der Waals surface area contributed by atoms with Crippen LogP contribution in [0.3, 0.4) is 0 Å². The van der Waals surface area contributed by atoms with Gasteiger partial charge < -0.3 is 15.4 Å². The molecule has 5 fully saturated rings. The SMILES string of the molecule is CC12CC3CC(C(=O)OC(=O)NC4CCNC4)(C1)CC(c1ccccc1)(C3)C2. The van der Waals surface area contributed by atoms with Gasteiger partial charge in [0.1, 0.15) is 0 Å². The molecule has 4 aliphatic carbocycles. The second-order valence-corrected chi connectivity index (χ2v) is 10.3. The van der Waals surface area contributed by atoms with Crippen LogP contribution in [0, 0.1) is 16.7 Å². The molecule has 1 saturated heterocycles. The molecule has 28 heavy (non-hydrogen) atoms. The van der Waals surface area contributed by atoms with Crippen LogP contribution in [-0.2, 0) is 14.9 Å². The van der Waals surface area contributed by atoms with E-state index in [4.69, 9.17) is 4.74 Å². The second kappa shape index (κ2) is 6.31. The van der Waals surface area contributed by atoms with Crippen molar-refractivity contribution in [1.82, 2.24) is 10.6 Å². The molecule has 4 bridgehead atoms. The summed E-state index contributed by atoms with van der Waals surface area (Å²) in [6.45, 7) is 3.97. The van der Waals surface area contributed by atoms with Crippen LogP contribution in [-0.4, -0.2) is 31.2 Å². The van der Waals surface area contributed by atoms with Gasteiger partial charge in [0.15, 0.2) is 0 Å². The molecule has 1 heterocycles. The quantitative estimate of drug-likeness (QED) is 0.620. The van der Waals surface area contributed by atoms with Gasteiger partial charge in [-0.25, -0.2) is 4.79 Å². The number of esters is 1. The lowest BCUT2D eigenvalue weighted by Crippen LogP contribution is -2.60. The van der Waals surface area contributed by atoms with Gasteiger partial charge in [0.25, 0.3) is 0 Å². The van der Waals surface area contributed by atoms with Crippen molar-refractivity contribution < 1.29 is 14.3 Å². The van der Waals surface area contributed by atoms with E-state index < -0.39 is 11.5 Å². The minimum atomic E-state index is -0.576. The highest BCUT2D eigenvalue weighted by molar-refractivity contribution is 5.89. The molecule has 5 unspecified atom stereocenters. The van der Waals surface area contributed by atoms with E-state index in [1.54, 1.807) is 0 Å². The van der Waals surface area contributed by atoms with Crippen molar-refractivity contribution in [3.8, 4) is 0 Å². The Hall–Kier alpha value is -1.88. The van der Waals surface area contributed by atoms with Crippen LogP contribution >= 0.6 is 0 Å². The van der Waals surface area contributed by atoms with Crippen LogP contribution in [0.1, 0.15) is 57.4 Å². The molecule has 1 aromatic rings. The first kappa shape index (κ1) is 18.2. The molecule has 2 N–H and O–H groups in total. The average Bonchev–Trinajstić information content (AvgIpc) is 3.13. The number of hydrogen-bond donors (Lipinski definition) is 2. The predicted octanol–water partition coefficient (Wildman–Crippen LogP) is 3.53. The maximum atomic E-state index is 13.3. The summed E-state index contributed by atoms with van der Waals surface area (Å²) in [6, 6.07) is 10.8. The van der Waals surface area contributed by atoms with Crippen LogP contribution in [0.25, 0.3) is 0 Å². The molecular weight excluding hydrogens is 352 g/mol. The summed E-state index contributed by atoms with van der Waals surface area (Å²) >= 11 is 0. The highest BCUT2D eigenvalue weighted by Crippen LogP contribution is 2.70. The summed E-state index contributed by atoms with van der Waals surface area (Å²) in [5.41, 5.74) is 1.03. The largest absolute Gasteiger partial charge is 0.415 e. The Bertz CT molecular complexity index is 790. The molecule has 5 heteroatoms. The average molecular weight is 383 g/mol. The van der Waals surface area contributed by atoms with E-state index in [0.717, 1.165) is 51.6 Å². The van der Waals surface area contributed by atoms with Crippen molar-refractivity contribution in [2.75, 3.05) is 13.1 Å². The number of carbonyl (C=O) groups excluding carboxylic acids is 2. The van der Waals surface area contributed by atoms with Gasteiger partial charge in [0, 0.05) is 12.6 Å². The highest BCUT2D eigenvalue weighted by atomic mass is 16.6. The van der Waals surface area contributed by atoms with E-state index in [1.807, 2.05) is 0 Å². The number of ether oxygens (including phenoxy) is 1. The Morgan fingerprint density at radius 3 is 2.64 bits per heavy atom. The molecule has 0 aromatic heterocycles. The van der Waals surface area contributed by atoms with Gasteiger partial charge in [-0.05, 0) is 73.8 Å². The van der Waals surface area contributed by atoms with Crippen LogP contribution in [0.4, 0.5) is 4.79 Å². The fourth-order valence-electron chi connectivity index (χ4n) is 7.43. The molecule has 5 aliphatic rings. The fraction of sp³-hybridized carbons (Fsp3) is 0.652. The summed E-state index contributed by atoms with van der Waals surface area (Å²) in [4.78, 5) is 25.6. The molecule has 5 nitrogen and oxygen atoms in total. The summed E-state index contributed by atoms with van der Waals surface area (Å²) in [7, 11) is 0. The van der Waals surface area contributed by atoms with Gasteiger partial charge in [0.2, 0.25) is 0 Å². The Morgan fingerprint density at radius 2 is 1.93 bits per heavy atom. The Labute approximate surface area is 166 Å². The second-order valence-electron chi connectivity index (χ2n) is 10.3. The van der Waals surface area contributed by atoms with Gasteiger partial charge in [-0.2, -0.15) is 0 Å². The number of hydrogen-bond acceptors (Lipinski definition) is 4. The molecule has 1 aromatic carbocycles. The number of amides is 1.